The maximum atomic E-state index is 11.3. The zero-order valence-corrected chi connectivity index (χ0v) is 13.4. The van der Waals surface area contributed by atoms with Crippen molar-refractivity contribution in [3.05, 3.63) is 62.5 Å². The fraction of sp³-hybridized carbons (Fsp3) is 0.188. The normalized spacial score (nSPS) is 12.5. The van der Waals surface area contributed by atoms with E-state index in [2.05, 4.69) is 51.1 Å². The van der Waals surface area contributed by atoms with E-state index >= 15 is 0 Å². The minimum atomic E-state index is -0.175. The number of nitrogens with one attached hydrogen (secondary N) is 3. The molecule has 3 N–H and O–H groups in total. The Labute approximate surface area is 130 Å². The second-order valence-corrected chi connectivity index (χ2v) is 6.07. The van der Waals surface area contributed by atoms with Crippen molar-refractivity contribution >= 4 is 32.7 Å². The van der Waals surface area contributed by atoms with Crippen LogP contribution >= 0.6 is 15.9 Å². The first-order valence-corrected chi connectivity index (χ1v) is 7.57. The van der Waals surface area contributed by atoms with E-state index in [0.717, 1.165) is 26.8 Å². The maximum Gasteiger partial charge on any atom is 0.323 e. The van der Waals surface area contributed by atoms with E-state index in [0.29, 0.717) is 0 Å². The monoisotopic (exact) mass is 345 g/mol. The van der Waals surface area contributed by atoms with Crippen molar-refractivity contribution in [1.82, 2.24) is 9.97 Å². The van der Waals surface area contributed by atoms with Crippen LogP contribution in [0.3, 0.4) is 0 Å². The molecule has 21 heavy (non-hydrogen) atoms. The summed E-state index contributed by atoms with van der Waals surface area (Å²) in [5.74, 6) is 0. The number of aromatic nitrogens is 2. The Bertz CT molecular complexity index is 850. The van der Waals surface area contributed by atoms with Gasteiger partial charge in [-0.25, -0.2) is 4.79 Å². The van der Waals surface area contributed by atoms with Crippen LogP contribution in [-0.2, 0) is 0 Å². The highest BCUT2D eigenvalue weighted by atomic mass is 79.9. The molecule has 3 aromatic rings. The van der Waals surface area contributed by atoms with Gasteiger partial charge in [-0.2, -0.15) is 0 Å². The third-order valence-electron chi connectivity index (χ3n) is 3.58. The SMILES string of the molecule is Cc1cc(NC(C)c2ccc3[nH]c(=O)[nH]c3c2)ccc1Br. The van der Waals surface area contributed by atoms with Crippen LogP contribution in [0.4, 0.5) is 5.69 Å². The van der Waals surface area contributed by atoms with Crippen molar-refractivity contribution in [3.8, 4) is 0 Å². The summed E-state index contributed by atoms with van der Waals surface area (Å²) < 4.78 is 1.10. The minimum Gasteiger partial charge on any atom is -0.379 e. The fourth-order valence-electron chi connectivity index (χ4n) is 2.39. The zero-order chi connectivity index (χ0) is 15.0. The number of aromatic amines is 2. The van der Waals surface area contributed by atoms with Crippen LogP contribution in [0.1, 0.15) is 24.1 Å². The van der Waals surface area contributed by atoms with Crippen LogP contribution < -0.4 is 11.0 Å². The molecule has 1 aromatic heterocycles. The van der Waals surface area contributed by atoms with Crippen LogP contribution in [0.2, 0.25) is 0 Å². The van der Waals surface area contributed by atoms with Gasteiger partial charge in [0, 0.05) is 16.2 Å². The second kappa shape index (κ2) is 5.41. The Kier molecular flexibility index (Phi) is 3.59. The summed E-state index contributed by atoms with van der Waals surface area (Å²) in [7, 11) is 0. The number of halogens is 1. The van der Waals surface area contributed by atoms with Crippen molar-refractivity contribution in [2.24, 2.45) is 0 Å². The van der Waals surface area contributed by atoms with Gasteiger partial charge in [-0.15, -0.1) is 0 Å². The molecule has 4 nitrogen and oxygen atoms in total. The van der Waals surface area contributed by atoms with Crippen LogP contribution in [0.25, 0.3) is 11.0 Å². The molecule has 108 valence electrons. The summed E-state index contributed by atoms with van der Waals surface area (Å²) >= 11 is 3.50. The Morgan fingerprint density at radius 3 is 2.62 bits per heavy atom. The largest absolute Gasteiger partial charge is 0.379 e. The van der Waals surface area contributed by atoms with E-state index in [9.17, 15) is 4.79 Å². The van der Waals surface area contributed by atoms with Crippen molar-refractivity contribution in [2.75, 3.05) is 5.32 Å². The van der Waals surface area contributed by atoms with E-state index < -0.39 is 0 Å². The maximum absolute atomic E-state index is 11.3. The molecule has 0 radical (unpaired) electrons. The van der Waals surface area contributed by atoms with Crippen molar-refractivity contribution in [1.29, 1.82) is 0 Å². The smallest absolute Gasteiger partial charge is 0.323 e. The molecule has 0 spiro atoms. The molecule has 5 heteroatoms. The summed E-state index contributed by atoms with van der Waals surface area (Å²) in [6, 6.07) is 12.3. The lowest BCUT2D eigenvalue weighted by atomic mass is 10.1. The Hall–Kier alpha value is -2.01. The lowest BCUT2D eigenvalue weighted by Crippen LogP contribution is -2.06. The van der Waals surface area contributed by atoms with Crippen molar-refractivity contribution in [3.63, 3.8) is 0 Å². The van der Waals surface area contributed by atoms with Crippen LogP contribution in [-0.4, -0.2) is 9.97 Å². The lowest BCUT2D eigenvalue weighted by molar-refractivity contribution is 0.886. The van der Waals surface area contributed by atoms with E-state index in [-0.39, 0.29) is 11.7 Å². The highest BCUT2D eigenvalue weighted by Gasteiger charge is 2.08. The van der Waals surface area contributed by atoms with E-state index in [1.165, 1.54) is 5.56 Å². The predicted molar refractivity (Wildman–Crippen MR) is 89.8 cm³/mol. The number of fused-ring (bicyclic) bond motifs is 1. The first-order valence-electron chi connectivity index (χ1n) is 6.77. The molecular formula is C16H16BrN3O. The number of imidazole rings is 1. The van der Waals surface area contributed by atoms with Gasteiger partial charge in [0.05, 0.1) is 11.0 Å². The average Bonchev–Trinajstić information content (AvgIpc) is 2.82. The van der Waals surface area contributed by atoms with Crippen molar-refractivity contribution in [2.45, 2.75) is 19.9 Å². The van der Waals surface area contributed by atoms with Gasteiger partial charge in [0.2, 0.25) is 0 Å². The molecule has 0 fully saturated rings. The number of aryl methyl sites for hydroxylation is 1. The Morgan fingerprint density at radius 2 is 1.86 bits per heavy atom. The first kappa shape index (κ1) is 13.9. The number of benzene rings is 2. The third-order valence-corrected chi connectivity index (χ3v) is 4.47. The van der Waals surface area contributed by atoms with E-state index in [1.54, 1.807) is 0 Å². The molecule has 0 saturated carbocycles. The highest BCUT2D eigenvalue weighted by molar-refractivity contribution is 9.10. The van der Waals surface area contributed by atoms with Gasteiger partial charge < -0.3 is 15.3 Å². The molecule has 0 amide bonds. The average molecular weight is 346 g/mol. The molecule has 1 unspecified atom stereocenters. The second-order valence-electron chi connectivity index (χ2n) is 5.21. The van der Waals surface area contributed by atoms with Gasteiger partial charge in [-0.1, -0.05) is 22.0 Å². The summed E-state index contributed by atoms with van der Waals surface area (Å²) in [5.41, 5.74) is 4.88. The van der Waals surface area contributed by atoms with Crippen LogP contribution in [0.5, 0.6) is 0 Å². The summed E-state index contributed by atoms with van der Waals surface area (Å²) in [6.07, 6.45) is 0. The van der Waals surface area contributed by atoms with Gasteiger partial charge in [0.25, 0.3) is 0 Å². The Morgan fingerprint density at radius 1 is 1.10 bits per heavy atom. The topological polar surface area (TPSA) is 60.7 Å². The van der Waals surface area contributed by atoms with Gasteiger partial charge in [-0.05, 0) is 55.3 Å². The molecule has 0 bridgehead atoms. The molecule has 1 heterocycles. The van der Waals surface area contributed by atoms with Gasteiger partial charge in [0.15, 0.2) is 0 Å². The summed E-state index contributed by atoms with van der Waals surface area (Å²) in [6.45, 7) is 4.17. The number of hydrogen-bond acceptors (Lipinski definition) is 2. The number of H-pyrrole nitrogens is 2. The minimum absolute atomic E-state index is 0.147. The van der Waals surface area contributed by atoms with Crippen molar-refractivity contribution < 1.29 is 0 Å². The van der Waals surface area contributed by atoms with E-state index in [1.807, 2.05) is 30.3 Å². The third kappa shape index (κ3) is 2.88. The molecular weight excluding hydrogens is 330 g/mol. The van der Waals surface area contributed by atoms with Gasteiger partial charge >= 0.3 is 5.69 Å². The highest BCUT2D eigenvalue weighted by Crippen LogP contribution is 2.25. The fourth-order valence-corrected chi connectivity index (χ4v) is 2.63. The molecule has 0 saturated heterocycles. The van der Waals surface area contributed by atoms with Gasteiger partial charge in [0.1, 0.15) is 0 Å². The summed E-state index contributed by atoms with van der Waals surface area (Å²) in [4.78, 5) is 16.8. The molecule has 1 atom stereocenters. The first-order chi connectivity index (χ1) is 10.0. The number of anilines is 1. The lowest BCUT2D eigenvalue weighted by Gasteiger charge is -2.16. The standard InChI is InChI=1S/C16H16BrN3O/c1-9-7-12(4-5-13(9)17)18-10(2)11-3-6-14-15(8-11)20-16(21)19-14/h3-8,10,18H,1-2H3,(H2,19,20,21). The summed E-state index contributed by atoms with van der Waals surface area (Å²) in [5, 5.41) is 3.47. The zero-order valence-electron chi connectivity index (χ0n) is 11.8. The van der Waals surface area contributed by atoms with Gasteiger partial charge in [-0.3, -0.25) is 0 Å². The molecule has 0 aliphatic rings. The molecule has 3 rings (SSSR count). The van der Waals surface area contributed by atoms with E-state index in [4.69, 9.17) is 0 Å². The predicted octanol–water partition coefficient (Wildman–Crippen LogP) is 4.10. The number of hydrogen-bond donors (Lipinski definition) is 3. The van der Waals surface area contributed by atoms with Crippen LogP contribution in [0, 0.1) is 6.92 Å². The quantitative estimate of drug-likeness (QED) is 0.669. The van der Waals surface area contributed by atoms with Crippen LogP contribution in [0.15, 0.2) is 45.7 Å². The number of rotatable bonds is 3. The molecule has 0 aliphatic heterocycles. The molecule has 2 aromatic carbocycles. The molecule has 0 aliphatic carbocycles. The Balaban J connectivity index is 1.87.